The summed E-state index contributed by atoms with van der Waals surface area (Å²) in [5.74, 6) is 2.34. The van der Waals surface area contributed by atoms with Gasteiger partial charge in [-0.2, -0.15) is 0 Å². The first-order valence-corrected chi connectivity index (χ1v) is 7.77. The van der Waals surface area contributed by atoms with Crippen molar-refractivity contribution < 1.29 is 9.59 Å². The highest BCUT2D eigenvalue weighted by molar-refractivity contribution is 5.96. The molecule has 5 aliphatic rings. The second-order valence-electron chi connectivity index (χ2n) is 7.21. The third-order valence-electron chi connectivity index (χ3n) is 5.78. The minimum atomic E-state index is -0.125. The minimum Gasteiger partial charge on any atom is -0.338 e. The van der Waals surface area contributed by atoms with E-state index in [0.29, 0.717) is 13.0 Å². The molecule has 4 saturated carbocycles. The number of hydrogen-bond acceptors (Lipinski definition) is 2. The summed E-state index contributed by atoms with van der Waals surface area (Å²) in [6.45, 7) is 0.646. The van der Waals surface area contributed by atoms with Gasteiger partial charge in [-0.1, -0.05) is 0 Å². The van der Waals surface area contributed by atoms with Crippen LogP contribution in [0.3, 0.4) is 0 Å². The lowest BCUT2D eigenvalue weighted by Gasteiger charge is -2.59. The predicted octanol–water partition coefficient (Wildman–Crippen LogP) is 2.29. The monoisotopic (exact) mass is 262 g/mol. The third-order valence-corrected chi connectivity index (χ3v) is 5.78. The number of urea groups is 1. The maximum atomic E-state index is 12.4. The predicted molar refractivity (Wildman–Crippen MR) is 70.4 cm³/mol. The number of imide groups is 1. The molecule has 0 unspecified atom stereocenters. The van der Waals surface area contributed by atoms with E-state index < -0.39 is 0 Å². The van der Waals surface area contributed by atoms with Crippen molar-refractivity contribution >= 4 is 11.9 Å². The zero-order valence-electron chi connectivity index (χ0n) is 11.4. The van der Waals surface area contributed by atoms with E-state index in [9.17, 15) is 9.59 Å². The van der Waals surface area contributed by atoms with Crippen LogP contribution in [0.4, 0.5) is 4.79 Å². The van der Waals surface area contributed by atoms with Gasteiger partial charge < -0.3 is 5.32 Å². The Labute approximate surface area is 113 Å². The van der Waals surface area contributed by atoms with Gasteiger partial charge in [-0.05, 0) is 62.7 Å². The van der Waals surface area contributed by atoms with E-state index >= 15 is 0 Å². The Bertz CT molecular complexity index is 379. The molecule has 19 heavy (non-hydrogen) atoms. The van der Waals surface area contributed by atoms with E-state index in [2.05, 4.69) is 5.32 Å². The summed E-state index contributed by atoms with van der Waals surface area (Å²) in [6, 6.07) is -0.121. The summed E-state index contributed by atoms with van der Waals surface area (Å²) in [4.78, 5) is 26.4. The molecule has 1 aliphatic heterocycles. The number of rotatable bonds is 1. The van der Waals surface area contributed by atoms with Crippen LogP contribution in [0.5, 0.6) is 0 Å². The molecule has 4 nitrogen and oxygen atoms in total. The highest BCUT2D eigenvalue weighted by atomic mass is 16.2. The molecule has 0 aromatic carbocycles. The molecule has 0 spiro atoms. The van der Waals surface area contributed by atoms with Gasteiger partial charge in [0.2, 0.25) is 5.91 Å². The molecule has 5 rings (SSSR count). The smallest absolute Gasteiger partial charge is 0.324 e. The van der Waals surface area contributed by atoms with E-state index in [0.717, 1.165) is 43.4 Å². The molecule has 0 aromatic heterocycles. The second-order valence-corrected chi connectivity index (χ2v) is 7.21. The van der Waals surface area contributed by atoms with Gasteiger partial charge in [0.25, 0.3) is 0 Å². The quantitative estimate of drug-likeness (QED) is 0.788. The molecule has 3 amide bonds. The zero-order chi connectivity index (χ0) is 13.0. The topological polar surface area (TPSA) is 49.4 Å². The molecule has 104 valence electrons. The molecule has 1 saturated heterocycles. The van der Waals surface area contributed by atoms with E-state index in [1.807, 2.05) is 0 Å². The number of nitrogens with one attached hydrogen (secondary N) is 1. The van der Waals surface area contributed by atoms with Gasteiger partial charge in [-0.15, -0.1) is 0 Å². The van der Waals surface area contributed by atoms with Gasteiger partial charge in [-0.3, -0.25) is 9.69 Å². The molecular weight excluding hydrogens is 240 g/mol. The molecule has 4 bridgehead atoms. The molecule has 4 heteroatoms. The van der Waals surface area contributed by atoms with E-state index in [-0.39, 0.29) is 17.5 Å². The molecule has 4 aliphatic carbocycles. The molecule has 5 fully saturated rings. The van der Waals surface area contributed by atoms with Crippen molar-refractivity contribution in [1.29, 1.82) is 0 Å². The Morgan fingerprint density at radius 1 is 1.00 bits per heavy atom. The lowest BCUT2D eigenvalue weighted by atomic mass is 9.52. The van der Waals surface area contributed by atoms with Crippen molar-refractivity contribution in [3.8, 4) is 0 Å². The third kappa shape index (κ3) is 1.72. The molecule has 1 heterocycles. The fraction of sp³-hybridized carbons (Fsp3) is 0.867. The van der Waals surface area contributed by atoms with Crippen LogP contribution in [-0.4, -0.2) is 28.9 Å². The molecular formula is C15H22N2O2. The van der Waals surface area contributed by atoms with Crippen LogP contribution in [0.1, 0.15) is 51.4 Å². The molecule has 1 N–H and O–H groups in total. The van der Waals surface area contributed by atoms with Crippen LogP contribution in [0, 0.1) is 17.8 Å². The number of carbonyl (C=O) groups excluding carboxylic acids is 2. The first-order valence-electron chi connectivity index (χ1n) is 7.77. The number of amides is 3. The summed E-state index contributed by atoms with van der Waals surface area (Å²) in [5.41, 5.74) is -0.125. The molecule has 0 aromatic rings. The largest absolute Gasteiger partial charge is 0.338 e. The lowest BCUT2D eigenvalue weighted by Crippen LogP contribution is -2.64. The first-order chi connectivity index (χ1) is 9.16. The summed E-state index contributed by atoms with van der Waals surface area (Å²) < 4.78 is 0. The average Bonchev–Trinajstić information content (AvgIpc) is 2.48. The van der Waals surface area contributed by atoms with Crippen LogP contribution < -0.4 is 5.32 Å². The SMILES string of the molecule is O=C1CCCNC(=O)N1C12CC3CC(CC(C3)C1)C2. The van der Waals surface area contributed by atoms with Crippen LogP contribution in [0.25, 0.3) is 0 Å². The Morgan fingerprint density at radius 2 is 1.58 bits per heavy atom. The standard InChI is InChI=1S/C15H22N2O2/c18-13-2-1-3-16-14(19)17(13)15-7-10-4-11(8-15)6-12(5-10)9-15/h10-12H,1-9H2,(H,16,19). The average molecular weight is 262 g/mol. The summed E-state index contributed by atoms with van der Waals surface area (Å²) in [6.07, 6.45) is 8.52. The normalized spacial score (nSPS) is 45.3. The van der Waals surface area contributed by atoms with E-state index in [1.165, 1.54) is 19.3 Å². The van der Waals surface area contributed by atoms with Crippen LogP contribution in [-0.2, 0) is 4.79 Å². The van der Waals surface area contributed by atoms with Crippen LogP contribution in [0.2, 0.25) is 0 Å². The van der Waals surface area contributed by atoms with E-state index in [4.69, 9.17) is 0 Å². The Balaban J connectivity index is 1.69. The number of carbonyl (C=O) groups is 2. The fourth-order valence-electron chi connectivity index (χ4n) is 5.56. The van der Waals surface area contributed by atoms with Gasteiger partial charge >= 0.3 is 6.03 Å². The maximum Gasteiger partial charge on any atom is 0.324 e. The van der Waals surface area contributed by atoms with Crippen molar-refractivity contribution in [1.82, 2.24) is 10.2 Å². The lowest BCUT2D eigenvalue weighted by molar-refractivity contribution is -0.142. The Morgan fingerprint density at radius 3 is 2.16 bits per heavy atom. The van der Waals surface area contributed by atoms with Gasteiger partial charge in [0, 0.05) is 13.0 Å². The fourth-order valence-corrected chi connectivity index (χ4v) is 5.56. The Hall–Kier alpha value is -1.06. The summed E-state index contributed by atoms with van der Waals surface area (Å²) in [7, 11) is 0. The van der Waals surface area contributed by atoms with Crippen LogP contribution in [0.15, 0.2) is 0 Å². The Kier molecular flexibility index (Phi) is 2.45. The van der Waals surface area contributed by atoms with Gasteiger partial charge in [-0.25, -0.2) is 4.79 Å². The minimum absolute atomic E-state index is 0.0666. The van der Waals surface area contributed by atoms with Crippen molar-refractivity contribution in [2.45, 2.75) is 56.9 Å². The molecule has 0 radical (unpaired) electrons. The maximum absolute atomic E-state index is 12.4. The number of nitrogens with zero attached hydrogens (tertiary/aromatic N) is 1. The summed E-state index contributed by atoms with van der Waals surface area (Å²) in [5, 5.41) is 2.92. The first kappa shape index (κ1) is 11.7. The van der Waals surface area contributed by atoms with Gasteiger partial charge in [0.1, 0.15) is 0 Å². The molecule has 0 atom stereocenters. The van der Waals surface area contributed by atoms with E-state index in [1.54, 1.807) is 4.90 Å². The highest BCUT2D eigenvalue weighted by Gasteiger charge is 2.56. The van der Waals surface area contributed by atoms with Crippen molar-refractivity contribution in [3.63, 3.8) is 0 Å². The van der Waals surface area contributed by atoms with Gasteiger partial charge in [0.15, 0.2) is 0 Å². The van der Waals surface area contributed by atoms with Crippen molar-refractivity contribution in [3.05, 3.63) is 0 Å². The van der Waals surface area contributed by atoms with Gasteiger partial charge in [0.05, 0.1) is 5.54 Å². The highest BCUT2D eigenvalue weighted by Crippen LogP contribution is 2.58. The van der Waals surface area contributed by atoms with Crippen molar-refractivity contribution in [2.75, 3.05) is 6.54 Å². The summed E-state index contributed by atoms with van der Waals surface area (Å²) >= 11 is 0. The second kappa shape index (κ2) is 3.97. The van der Waals surface area contributed by atoms with Crippen LogP contribution >= 0.6 is 0 Å². The van der Waals surface area contributed by atoms with Crippen molar-refractivity contribution in [2.24, 2.45) is 17.8 Å². The number of hydrogen-bond donors (Lipinski definition) is 1. The zero-order valence-corrected chi connectivity index (χ0v) is 11.4.